The van der Waals surface area contributed by atoms with E-state index < -0.39 is 23.9 Å². The van der Waals surface area contributed by atoms with Gasteiger partial charge in [-0.25, -0.2) is 4.79 Å². The van der Waals surface area contributed by atoms with Crippen LogP contribution in [-0.4, -0.2) is 18.2 Å². The lowest BCUT2D eigenvalue weighted by atomic mass is 9.90. The molecule has 4 nitrogen and oxygen atoms in total. The Bertz CT molecular complexity index is 573. The molecule has 0 saturated heterocycles. The van der Waals surface area contributed by atoms with E-state index in [2.05, 4.69) is 10.6 Å². The van der Waals surface area contributed by atoms with Gasteiger partial charge in [0.2, 0.25) is 0 Å². The van der Waals surface area contributed by atoms with Crippen molar-refractivity contribution in [3.63, 3.8) is 0 Å². The van der Waals surface area contributed by atoms with Crippen LogP contribution in [0.15, 0.2) is 18.2 Å². The predicted molar refractivity (Wildman–Crippen MR) is 81.3 cm³/mol. The van der Waals surface area contributed by atoms with Crippen LogP contribution in [0.5, 0.6) is 0 Å². The molecule has 1 aliphatic heterocycles. The van der Waals surface area contributed by atoms with Crippen LogP contribution in [0.3, 0.4) is 0 Å². The lowest BCUT2D eigenvalue weighted by Gasteiger charge is -2.33. The van der Waals surface area contributed by atoms with E-state index in [1.54, 1.807) is 13.8 Å². The summed E-state index contributed by atoms with van der Waals surface area (Å²) < 4.78 is 43.8. The molecule has 1 aliphatic rings. The molecule has 0 unspecified atom stereocenters. The van der Waals surface area contributed by atoms with E-state index in [1.807, 2.05) is 6.92 Å². The van der Waals surface area contributed by atoms with Crippen LogP contribution in [0, 0.1) is 0 Å². The number of halogens is 3. The molecule has 128 valence electrons. The van der Waals surface area contributed by atoms with Gasteiger partial charge in [0.15, 0.2) is 0 Å². The van der Waals surface area contributed by atoms with Crippen LogP contribution in [0.4, 0.5) is 23.7 Å². The Morgan fingerprint density at radius 1 is 1.43 bits per heavy atom. The maximum absolute atomic E-state index is 12.9. The summed E-state index contributed by atoms with van der Waals surface area (Å²) in [5.41, 5.74) is 0.327. The molecule has 0 bridgehead atoms. The first-order valence-corrected chi connectivity index (χ1v) is 7.65. The Labute approximate surface area is 133 Å². The highest BCUT2D eigenvalue weighted by atomic mass is 19.4. The number of ether oxygens (including phenoxy) is 1. The molecule has 0 saturated carbocycles. The second-order valence-corrected chi connectivity index (χ2v) is 5.94. The van der Waals surface area contributed by atoms with E-state index in [4.69, 9.17) is 4.74 Å². The smallest absolute Gasteiger partial charge is 0.416 e. The number of alkyl halides is 3. The van der Waals surface area contributed by atoms with Gasteiger partial charge in [0.05, 0.1) is 17.7 Å². The number of fused-ring (bicyclic) bond motifs is 1. The zero-order chi connectivity index (χ0) is 17.2. The third kappa shape index (κ3) is 4.30. The Morgan fingerprint density at radius 2 is 2.13 bits per heavy atom. The summed E-state index contributed by atoms with van der Waals surface area (Å²) in [4.78, 5) is 11.8. The van der Waals surface area contributed by atoms with E-state index in [9.17, 15) is 18.0 Å². The highest BCUT2D eigenvalue weighted by molar-refractivity contribution is 5.69. The molecule has 1 heterocycles. The van der Waals surface area contributed by atoms with E-state index in [0.717, 1.165) is 18.6 Å². The molecule has 2 N–H and O–H groups in total. The number of carbonyl (C=O) groups excluding carboxylic acids is 1. The molecule has 0 radical (unpaired) electrons. The lowest BCUT2D eigenvalue weighted by molar-refractivity contribution is -0.137. The minimum Gasteiger partial charge on any atom is -0.447 e. The van der Waals surface area contributed by atoms with Crippen LogP contribution in [0.1, 0.15) is 50.8 Å². The fraction of sp³-hybridized carbons (Fsp3) is 0.562. The lowest BCUT2D eigenvalue weighted by Crippen LogP contribution is -2.38. The number of nitrogens with one attached hydrogen (secondary N) is 2. The van der Waals surface area contributed by atoms with Crippen molar-refractivity contribution in [1.82, 2.24) is 5.32 Å². The summed E-state index contributed by atoms with van der Waals surface area (Å²) in [5, 5.41) is 5.89. The number of alkyl carbamates (subject to hydrolysis) is 1. The number of anilines is 1. The first-order valence-electron chi connectivity index (χ1n) is 7.65. The normalized spacial score (nSPS) is 20.7. The van der Waals surface area contributed by atoms with E-state index in [0.29, 0.717) is 17.7 Å². The topological polar surface area (TPSA) is 50.4 Å². The van der Waals surface area contributed by atoms with Crippen molar-refractivity contribution in [3.8, 4) is 0 Å². The molecule has 1 aromatic carbocycles. The molecule has 0 spiro atoms. The van der Waals surface area contributed by atoms with E-state index >= 15 is 0 Å². The average molecular weight is 330 g/mol. The number of benzene rings is 1. The molecule has 0 aliphatic carbocycles. The highest BCUT2D eigenvalue weighted by Crippen LogP contribution is 2.38. The molecule has 23 heavy (non-hydrogen) atoms. The van der Waals surface area contributed by atoms with Gasteiger partial charge in [-0.15, -0.1) is 0 Å². The summed E-state index contributed by atoms with van der Waals surface area (Å²) in [7, 11) is 0. The molecule has 2 rings (SSSR count). The van der Waals surface area contributed by atoms with Gasteiger partial charge in [0.1, 0.15) is 0 Å². The van der Waals surface area contributed by atoms with Crippen molar-refractivity contribution in [1.29, 1.82) is 0 Å². The van der Waals surface area contributed by atoms with Gasteiger partial charge in [-0.1, -0.05) is 6.92 Å². The molecular formula is C16H21F3N2O2. The average Bonchev–Trinajstić information content (AvgIpc) is 2.44. The monoisotopic (exact) mass is 330 g/mol. The van der Waals surface area contributed by atoms with Gasteiger partial charge < -0.3 is 15.4 Å². The van der Waals surface area contributed by atoms with Gasteiger partial charge in [-0.2, -0.15) is 13.2 Å². The predicted octanol–water partition coefficient (Wildman–Crippen LogP) is 4.48. The SMILES string of the molecule is CC[C@H]1C[C@@H](NC(=O)OC(C)C)c2cc(C(F)(F)F)ccc2N1. The largest absolute Gasteiger partial charge is 0.447 e. The third-order valence-corrected chi connectivity index (χ3v) is 3.76. The summed E-state index contributed by atoms with van der Waals surface area (Å²) in [6.07, 6.45) is -4.01. The van der Waals surface area contributed by atoms with Crippen molar-refractivity contribution < 1.29 is 22.7 Å². The van der Waals surface area contributed by atoms with Gasteiger partial charge in [-0.3, -0.25) is 0 Å². The maximum atomic E-state index is 12.9. The Balaban J connectivity index is 2.30. The minimum atomic E-state index is -4.42. The molecule has 1 aromatic rings. The van der Waals surface area contributed by atoms with Crippen molar-refractivity contribution in [2.24, 2.45) is 0 Å². The minimum absolute atomic E-state index is 0.0867. The molecule has 1 amide bonds. The summed E-state index contributed by atoms with van der Waals surface area (Å²) >= 11 is 0. The van der Waals surface area contributed by atoms with Crippen LogP contribution < -0.4 is 10.6 Å². The highest BCUT2D eigenvalue weighted by Gasteiger charge is 2.34. The van der Waals surface area contributed by atoms with Crippen molar-refractivity contribution in [2.45, 2.75) is 58.0 Å². The summed E-state index contributed by atoms with van der Waals surface area (Å²) in [6, 6.07) is 3.14. The molecule has 2 atom stereocenters. The zero-order valence-corrected chi connectivity index (χ0v) is 13.3. The Morgan fingerprint density at radius 3 is 2.70 bits per heavy atom. The standard InChI is InChI=1S/C16H21F3N2O2/c1-4-11-8-14(21-15(22)23-9(2)3)12-7-10(16(17,18)19)5-6-13(12)20-11/h5-7,9,11,14,20H,4,8H2,1-3H3,(H,21,22)/t11-,14+/m0/s1. The van der Waals surface area contributed by atoms with Crippen molar-refractivity contribution in [3.05, 3.63) is 29.3 Å². The number of carbonyl (C=O) groups is 1. The second kappa shape index (κ2) is 6.68. The van der Waals surface area contributed by atoms with Crippen LogP contribution in [0.25, 0.3) is 0 Å². The first-order chi connectivity index (χ1) is 10.7. The zero-order valence-electron chi connectivity index (χ0n) is 13.3. The second-order valence-electron chi connectivity index (χ2n) is 5.94. The Kier molecular flexibility index (Phi) is 5.06. The van der Waals surface area contributed by atoms with E-state index in [-0.39, 0.29) is 12.1 Å². The van der Waals surface area contributed by atoms with Gasteiger partial charge in [0.25, 0.3) is 0 Å². The number of rotatable bonds is 3. The first kappa shape index (κ1) is 17.4. The molecular weight excluding hydrogens is 309 g/mol. The third-order valence-electron chi connectivity index (χ3n) is 3.76. The maximum Gasteiger partial charge on any atom is 0.416 e. The molecule has 0 aromatic heterocycles. The van der Waals surface area contributed by atoms with Crippen molar-refractivity contribution >= 4 is 11.8 Å². The quantitative estimate of drug-likeness (QED) is 0.859. The molecule has 7 heteroatoms. The fourth-order valence-electron chi connectivity index (χ4n) is 2.64. The van der Waals surface area contributed by atoms with Crippen molar-refractivity contribution in [2.75, 3.05) is 5.32 Å². The van der Waals surface area contributed by atoms with Crippen LogP contribution in [-0.2, 0) is 10.9 Å². The number of amides is 1. The summed E-state index contributed by atoms with van der Waals surface area (Å²) in [6.45, 7) is 5.41. The van der Waals surface area contributed by atoms with E-state index in [1.165, 1.54) is 6.07 Å². The fourth-order valence-corrected chi connectivity index (χ4v) is 2.64. The number of hydrogen-bond donors (Lipinski definition) is 2. The summed E-state index contributed by atoms with van der Waals surface area (Å²) in [5.74, 6) is 0. The number of hydrogen-bond acceptors (Lipinski definition) is 3. The van der Waals surface area contributed by atoms with Gasteiger partial charge in [-0.05, 0) is 50.5 Å². The van der Waals surface area contributed by atoms with Crippen LogP contribution in [0.2, 0.25) is 0 Å². The van der Waals surface area contributed by atoms with Gasteiger partial charge >= 0.3 is 12.3 Å². The Hall–Kier alpha value is -1.92. The van der Waals surface area contributed by atoms with Gasteiger partial charge in [0, 0.05) is 11.7 Å². The van der Waals surface area contributed by atoms with Crippen LogP contribution >= 0.6 is 0 Å². The molecule has 0 fully saturated rings.